The van der Waals surface area contributed by atoms with Crippen molar-refractivity contribution in [1.29, 1.82) is 0 Å². The molecule has 0 spiro atoms. The molecule has 0 aliphatic heterocycles. The first-order valence-corrected chi connectivity index (χ1v) is 4.77. The van der Waals surface area contributed by atoms with Crippen LogP contribution in [0, 0.1) is 0 Å². The fourth-order valence-corrected chi connectivity index (χ4v) is 0.984. The van der Waals surface area contributed by atoms with Crippen LogP contribution < -0.4 is 5.48 Å². The predicted molar refractivity (Wildman–Crippen MR) is 55.3 cm³/mol. The lowest BCUT2D eigenvalue weighted by Gasteiger charge is -2.15. The summed E-state index contributed by atoms with van der Waals surface area (Å²) in [6.07, 6.45) is -3.78. The Kier molecular flexibility index (Phi) is 7.77. The highest BCUT2D eigenvalue weighted by Crippen LogP contribution is 2.32. The van der Waals surface area contributed by atoms with Crippen molar-refractivity contribution < 1.29 is 36.6 Å². The summed E-state index contributed by atoms with van der Waals surface area (Å²) in [5, 5.41) is 8.41. The first kappa shape index (κ1) is 17.4. The smallest absolute Gasteiger partial charge is 0.420 e. The van der Waals surface area contributed by atoms with E-state index in [4.69, 9.17) is 5.21 Å². The van der Waals surface area contributed by atoms with Gasteiger partial charge in [-0.3, -0.25) is 10.7 Å². The summed E-state index contributed by atoms with van der Waals surface area (Å²) in [4.78, 5) is 0. The second-order valence-electron chi connectivity index (χ2n) is 2.99. The number of hydrogen-bond donors (Lipinski definition) is 2. The topological polar surface area (TPSA) is 50.7 Å². The number of hydroxylamine groups is 1. The highest BCUT2D eigenvalue weighted by Gasteiger charge is 2.37. The molecule has 0 fully saturated rings. The van der Waals surface area contributed by atoms with Crippen LogP contribution in [0.4, 0.5) is 22.0 Å². The molecule has 19 heavy (non-hydrogen) atoms. The molecule has 0 aliphatic rings. The van der Waals surface area contributed by atoms with Crippen LogP contribution in [0.15, 0.2) is 35.8 Å². The summed E-state index contributed by atoms with van der Waals surface area (Å²) in [6, 6.07) is 0. The monoisotopic (exact) mass is 289 g/mol. The van der Waals surface area contributed by atoms with Gasteiger partial charge in [-0.05, 0) is 12.2 Å². The lowest BCUT2D eigenvalue weighted by molar-refractivity contribution is -0.0953. The molecule has 0 saturated carbocycles. The van der Waals surface area contributed by atoms with Gasteiger partial charge in [-0.2, -0.15) is 13.2 Å². The highest BCUT2D eigenvalue weighted by atomic mass is 19.4. The van der Waals surface area contributed by atoms with E-state index in [1.54, 1.807) is 0 Å². The van der Waals surface area contributed by atoms with Crippen molar-refractivity contribution in [2.24, 2.45) is 0 Å². The molecule has 0 rings (SSSR count). The third kappa shape index (κ3) is 6.77. The summed E-state index contributed by atoms with van der Waals surface area (Å²) >= 11 is 0. The lowest BCUT2D eigenvalue weighted by Crippen LogP contribution is -2.18. The van der Waals surface area contributed by atoms with E-state index in [0.717, 1.165) is 0 Å². The van der Waals surface area contributed by atoms with Crippen LogP contribution in [0.1, 0.15) is 0 Å². The fraction of sp³-hybridized carbons (Fsp3) is 0.400. The maximum absolute atomic E-state index is 12.7. The molecule has 9 heteroatoms. The number of ether oxygens (including phenoxy) is 2. The van der Waals surface area contributed by atoms with E-state index in [1.807, 2.05) is 0 Å². The zero-order valence-electron chi connectivity index (χ0n) is 9.64. The van der Waals surface area contributed by atoms with Gasteiger partial charge in [-0.15, -0.1) is 0 Å². The average Bonchev–Trinajstić information content (AvgIpc) is 2.33. The zero-order valence-corrected chi connectivity index (χ0v) is 9.64. The largest absolute Gasteiger partial charge is 0.463 e. The van der Waals surface area contributed by atoms with Gasteiger partial charge in [0.2, 0.25) is 6.86 Å². The summed E-state index contributed by atoms with van der Waals surface area (Å²) in [7, 11) is 0. The SMILES string of the molecule is C=C(/C=C(\C(=C/COCF)OCF)C(F)(F)F)NO. The number of halogens is 5. The summed E-state index contributed by atoms with van der Waals surface area (Å²) < 4.78 is 70.2. The standard InChI is InChI=1S/C10H12F5NO3/c1-7(16-17)4-8(10(13,14)15)9(19-6-12)2-3-18-5-11/h2,4,16-17H,1,3,5-6H2/b8-4+,9-2+. The number of alkyl halides is 5. The maximum atomic E-state index is 12.7. The van der Waals surface area contributed by atoms with Crippen LogP contribution in [0.3, 0.4) is 0 Å². The Hall–Kier alpha value is -1.61. The Morgan fingerprint density at radius 1 is 1.26 bits per heavy atom. The van der Waals surface area contributed by atoms with E-state index in [0.29, 0.717) is 12.2 Å². The molecule has 0 unspecified atom stereocenters. The number of rotatable bonds is 8. The summed E-state index contributed by atoms with van der Waals surface area (Å²) in [5.74, 6) is -0.903. The Morgan fingerprint density at radius 3 is 2.32 bits per heavy atom. The van der Waals surface area contributed by atoms with E-state index in [1.165, 1.54) is 5.48 Å². The molecule has 4 nitrogen and oxygen atoms in total. The molecule has 0 radical (unpaired) electrons. The highest BCUT2D eigenvalue weighted by molar-refractivity contribution is 5.35. The van der Waals surface area contributed by atoms with Crippen molar-refractivity contribution in [1.82, 2.24) is 5.48 Å². The molecule has 0 aromatic rings. The van der Waals surface area contributed by atoms with Gasteiger partial charge in [0.05, 0.1) is 17.9 Å². The van der Waals surface area contributed by atoms with Gasteiger partial charge in [0.15, 0.2) is 6.86 Å². The quantitative estimate of drug-likeness (QED) is 0.237. The molecule has 0 aliphatic carbocycles. The Bertz CT molecular complexity index is 352. The van der Waals surface area contributed by atoms with Crippen LogP contribution >= 0.6 is 0 Å². The first-order valence-electron chi connectivity index (χ1n) is 4.77. The van der Waals surface area contributed by atoms with Crippen LogP contribution in [0.2, 0.25) is 0 Å². The van der Waals surface area contributed by atoms with Crippen LogP contribution in [0.5, 0.6) is 0 Å². The predicted octanol–water partition coefficient (Wildman–Crippen LogP) is 2.74. The van der Waals surface area contributed by atoms with E-state index >= 15 is 0 Å². The summed E-state index contributed by atoms with van der Waals surface area (Å²) in [6.45, 7) is -0.216. The van der Waals surface area contributed by atoms with Crippen molar-refractivity contribution in [3.8, 4) is 0 Å². The molecule has 0 saturated heterocycles. The molecular formula is C10H12F5NO3. The summed E-state index contributed by atoms with van der Waals surface area (Å²) in [5.41, 5.74) is -0.504. The van der Waals surface area contributed by atoms with Gasteiger partial charge >= 0.3 is 6.18 Å². The normalized spacial score (nSPS) is 13.4. The van der Waals surface area contributed by atoms with Gasteiger partial charge in [-0.25, -0.2) is 8.78 Å². The van der Waals surface area contributed by atoms with Gasteiger partial charge in [0.1, 0.15) is 5.76 Å². The Balaban J connectivity index is 5.32. The fourth-order valence-electron chi connectivity index (χ4n) is 0.984. The van der Waals surface area contributed by atoms with E-state index in [-0.39, 0.29) is 0 Å². The third-order valence-electron chi connectivity index (χ3n) is 1.71. The molecule has 0 amide bonds. The van der Waals surface area contributed by atoms with Gasteiger partial charge in [-0.1, -0.05) is 6.58 Å². The molecule has 110 valence electrons. The first-order chi connectivity index (χ1) is 8.86. The maximum Gasteiger partial charge on any atom is 0.420 e. The second kappa shape index (κ2) is 8.48. The van der Waals surface area contributed by atoms with E-state index < -0.39 is 43.5 Å². The Labute approximate surface area is 105 Å². The Morgan fingerprint density at radius 2 is 1.89 bits per heavy atom. The molecule has 2 N–H and O–H groups in total. The van der Waals surface area contributed by atoms with Crippen molar-refractivity contribution in [2.75, 3.05) is 20.3 Å². The van der Waals surface area contributed by atoms with Gasteiger partial charge < -0.3 is 9.47 Å². The number of allylic oxidation sites excluding steroid dienone is 2. The van der Waals surface area contributed by atoms with Crippen LogP contribution in [-0.4, -0.2) is 31.7 Å². The van der Waals surface area contributed by atoms with E-state index in [9.17, 15) is 22.0 Å². The van der Waals surface area contributed by atoms with Gasteiger partial charge in [0, 0.05) is 0 Å². The number of nitrogens with one attached hydrogen (secondary N) is 1. The lowest BCUT2D eigenvalue weighted by atomic mass is 10.1. The molecule has 0 atom stereocenters. The molecule has 0 bridgehead atoms. The zero-order chi connectivity index (χ0) is 14.9. The minimum Gasteiger partial charge on any atom is -0.463 e. The van der Waals surface area contributed by atoms with E-state index in [2.05, 4.69) is 16.1 Å². The van der Waals surface area contributed by atoms with Gasteiger partial charge in [0.25, 0.3) is 0 Å². The van der Waals surface area contributed by atoms with Crippen molar-refractivity contribution in [3.05, 3.63) is 35.8 Å². The third-order valence-corrected chi connectivity index (χ3v) is 1.71. The van der Waals surface area contributed by atoms with Crippen molar-refractivity contribution in [3.63, 3.8) is 0 Å². The van der Waals surface area contributed by atoms with Crippen molar-refractivity contribution >= 4 is 0 Å². The van der Waals surface area contributed by atoms with Crippen LogP contribution in [0.25, 0.3) is 0 Å². The second-order valence-corrected chi connectivity index (χ2v) is 2.99. The van der Waals surface area contributed by atoms with Crippen molar-refractivity contribution in [2.45, 2.75) is 6.18 Å². The molecule has 0 aromatic carbocycles. The molecule has 0 heterocycles. The minimum absolute atomic E-state index is 0.400. The number of hydrogen-bond acceptors (Lipinski definition) is 4. The van der Waals surface area contributed by atoms with Crippen LogP contribution in [-0.2, 0) is 9.47 Å². The molecular weight excluding hydrogens is 277 g/mol. The minimum atomic E-state index is -4.89. The average molecular weight is 289 g/mol. The molecule has 0 aromatic heterocycles.